The van der Waals surface area contributed by atoms with Crippen molar-refractivity contribution < 1.29 is 23.5 Å². The van der Waals surface area contributed by atoms with Crippen molar-refractivity contribution in [3.05, 3.63) is 94.5 Å². The standard InChI is InChI=1S/C34H30FN5O4S/c1-19-17-23(44-22-7-4-3-5-8-22)12-13-26(19)40-27-14-15-36-32-28(27)29(38-34(40)43)30(45-32)31(41)37-25-9-6-16-39(20(25)2)33(42)24(35)18-21-10-11-21/h3-5,7-8,12-15,17-18,21H,6,9-11,16H2,1-2H3,(H,37,41)(H,38,43)/b24-18-. The number of aryl methyl sites for hydroxylation is 1. The first-order valence-corrected chi connectivity index (χ1v) is 15.7. The molecule has 4 aromatic rings. The number of hydrogen-bond donors (Lipinski definition) is 2. The Kier molecular flexibility index (Phi) is 7.33. The van der Waals surface area contributed by atoms with Crippen molar-refractivity contribution in [2.45, 2.75) is 39.5 Å². The third kappa shape index (κ3) is 5.44. The summed E-state index contributed by atoms with van der Waals surface area (Å²) in [5.74, 6) is -0.375. The van der Waals surface area contributed by atoms with Crippen molar-refractivity contribution in [2.24, 2.45) is 5.92 Å². The Morgan fingerprint density at radius 1 is 1.09 bits per heavy atom. The van der Waals surface area contributed by atoms with Gasteiger partial charge in [0.2, 0.25) is 0 Å². The van der Waals surface area contributed by atoms with Crippen LogP contribution >= 0.6 is 11.3 Å². The summed E-state index contributed by atoms with van der Waals surface area (Å²) < 4.78 is 20.6. The van der Waals surface area contributed by atoms with Gasteiger partial charge in [0.05, 0.1) is 22.4 Å². The van der Waals surface area contributed by atoms with Gasteiger partial charge < -0.3 is 20.3 Å². The molecule has 1 fully saturated rings. The van der Waals surface area contributed by atoms with E-state index in [1.807, 2.05) is 55.5 Å². The number of nitrogens with one attached hydrogen (secondary N) is 2. The lowest BCUT2D eigenvalue weighted by Crippen LogP contribution is -2.38. The number of amides is 4. The fourth-order valence-corrected chi connectivity index (χ4v) is 6.76. The zero-order valence-corrected chi connectivity index (χ0v) is 25.5. The zero-order chi connectivity index (χ0) is 31.2. The lowest BCUT2D eigenvalue weighted by molar-refractivity contribution is -0.127. The predicted molar refractivity (Wildman–Crippen MR) is 172 cm³/mol. The number of allylic oxidation sites excluding steroid dienone is 3. The van der Waals surface area contributed by atoms with Gasteiger partial charge in [0.1, 0.15) is 21.2 Å². The Bertz CT molecular complexity index is 1930. The molecule has 2 N–H and O–H groups in total. The van der Waals surface area contributed by atoms with Gasteiger partial charge in [-0.1, -0.05) is 18.2 Å². The number of benzene rings is 2. The fourth-order valence-electron chi connectivity index (χ4n) is 5.75. The number of halogens is 1. The number of rotatable bonds is 7. The molecule has 0 saturated heterocycles. The van der Waals surface area contributed by atoms with Crippen LogP contribution in [0.25, 0.3) is 10.2 Å². The molecule has 7 rings (SSSR count). The Morgan fingerprint density at radius 2 is 1.89 bits per heavy atom. The second-order valence-electron chi connectivity index (χ2n) is 11.4. The summed E-state index contributed by atoms with van der Waals surface area (Å²) in [6.07, 6.45) is 5.93. The maximum atomic E-state index is 14.6. The number of hydrogen-bond acceptors (Lipinski definition) is 6. The molecule has 228 valence electrons. The van der Waals surface area contributed by atoms with E-state index in [0.29, 0.717) is 74.4 Å². The molecule has 0 unspecified atom stereocenters. The van der Waals surface area contributed by atoms with Gasteiger partial charge in [-0.25, -0.2) is 14.2 Å². The average molecular weight is 624 g/mol. The minimum Gasteiger partial charge on any atom is -0.457 e. The van der Waals surface area contributed by atoms with Crippen LogP contribution in [0.4, 0.5) is 26.2 Å². The first-order chi connectivity index (χ1) is 21.8. The van der Waals surface area contributed by atoms with Crippen molar-refractivity contribution in [2.75, 3.05) is 16.8 Å². The normalized spacial score (nSPS) is 16.6. The number of thiophene rings is 1. The second-order valence-corrected chi connectivity index (χ2v) is 12.4. The van der Waals surface area contributed by atoms with Gasteiger partial charge in [-0.2, -0.15) is 0 Å². The molecule has 4 amide bonds. The fraction of sp³-hybridized carbons (Fsp3) is 0.235. The van der Waals surface area contributed by atoms with E-state index in [1.54, 1.807) is 24.1 Å². The number of pyridine rings is 1. The van der Waals surface area contributed by atoms with E-state index >= 15 is 0 Å². The average Bonchev–Trinajstić information content (AvgIpc) is 3.77. The highest BCUT2D eigenvalue weighted by molar-refractivity contribution is 7.21. The van der Waals surface area contributed by atoms with E-state index in [9.17, 15) is 18.8 Å². The van der Waals surface area contributed by atoms with Gasteiger partial charge in [0, 0.05) is 24.1 Å². The van der Waals surface area contributed by atoms with Crippen molar-refractivity contribution in [3.8, 4) is 11.5 Å². The first kappa shape index (κ1) is 28.7. The lowest BCUT2D eigenvalue weighted by atomic mass is 10.1. The van der Waals surface area contributed by atoms with Gasteiger partial charge in [0.25, 0.3) is 11.8 Å². The highest BCUT2D eigenvalue weighted by Crippen LogP contribution is 2.46. The second kappa shape index (κ2) is 11.5. The van der Waals surface area contributed by atoms with Crippen LogP contribution in [0, 0.1) is 12.8 Å². The number of nitrogens with zero attached hydrogens (tertiary/aromatic N) is 3. The smallest absolute Gasteiger partial charge is 0.331 e. The summed E-state index contributed by atoms with van der Waals surface area (Å²) in [4.78, 5) is 48.5. The van der Waals surface area contributed by atoms with E-state index in [0.717, 1.165) is 18.4 Å². The third-order valence-corrected chi connectivity index (χ3v) is 9.30. The van der Waals surface area contributed by atoms with Crippen LogP contribution in [-0.2, 0) is 4.79 Å². The Morgan fingerprint density at radius 3 is 2.64 bits per heavy atom. The number of ether oxygens (including phenoxy) is 1. The monoisotopic (exact) mass is 623 g/mol. The summed E-state index contributed by atoms with van der Waals surface area (Å²) in [6.45, 7) is 3.99. The molecule has 1 saturated carbocycles. The number of carbonyl (C=O) groups excluding carboxylic acids is 3. The highest BCUT2D eigenvalue weighted by Gasteiger charge is 2.34. The van der Waals surface area contributed by atoms with E-state index in [4.69, 9.17) is 4.74 Å². The topological polar surface area (TPSA) is 104 Å². The largest absolute Gasteiger partial charge is 0.457 e. The molecule has 2 aromatic heterocycles. The number of aromatic nitrogens is 1. The van der Waals surface area contributed by atoms with Gasteiger partial charge in [-0.3, -0.25) is 14.5 Å². The molecule has 1 aliphatic carbocycles. The molecule has 0 atom stereocenters. The Balaban J connectivity index is 1.17. The van der Waals surface area contributed by atoms with Gasteiger partial charge >= 0.3 is 6.03 Å². The number of urea groups is 1. The summed E-state index contributed by atoms with van der Waals surface area (Å²) in [5.41, 5.74) is 3.55. The molecular formula is C34H30FN5O4S. The molecule has 0 bridgehead atoms. The van der Waals surface area contributed by atoms with Gasteiger partial charge in [-0.15, -0.1) is 11.3 Å². The number of anilines is 3. The van der Waals surface area contributed by atoms with Gasteiger partial charge in [0.15, 0.2) is 5.83 Å². The minimum absolute atomic E-state index is 0.133. The SMILES string of the molecule is CC1=C(NC(=O)c2sc3nccc4c3c2NC(=O)N4c2ccc(Oc3ccccc3)cc2C)CCCN1C(=O)/C(F)=C/C1CC1. The van der Waals surface area contributed by atoms with Crippen LogP contribution in [-0.4, -0.2) is 34.3 Å². The summed E-state index contributed by atoms with van der Waals surface area (Å²) in [7, 11) is 0. The molecule has 0 radical (unpaired) electrons. The molecule has 45 heavy (non-hydrogen) atoms. The maximum Gasteiger partial charge on any atom is 0.331 e. The lowest BCUT2D eigenvalue weighted by Gasteiger charge is -2.30. The Labute approximate surface area is 263 Å². The van der Waals surface area contributed by atoms with E-state index in [-0.39, 0.29) is 5.92 Å². The zero-order valence-electron chi connectivity index (χ0n) is 24.7. The molecule has 9 nitrogen and oxygen atoms in total. The van der Waals surface area contributed by atoms with E-state index in [2.05, 4.69) is 15.6 Å². The molecule has 3 aliphatic rings. The van der Waals surface area contributed by atoms with Crippen molar-refractivity contribution in [1.29, 1.82) is 0 Å². The highest BCUT2D eigenvalue weighted by atomic mass is 32.1. The van der Waals surface area contributed by atoms with Crippen LogP contribution in [0.2, 0.25) is 0 Å². The van der Waals surface area contributed by atoms with Crippen LogP contribution in [0.3, 0.4) is 0 Å². The number of carbonyl (C=O) groups is 3. The van der Waals surface area contributed by atoms with Crippen LogP contribution in [0.5, 0.6) is 11.5 Å². The number of para-hydroxylation sites is 1. The van der Waals surface area contributed by atoms with E-state index in [1.165, 1.54) is 22.3 Å². The molecule has 0 spiro atoms. The third-order valence-electron chi connectivity index (χ3n) is 8.21. The van der Waals surface area contributed by atoms with Crippen LogP contribution < -0.4 is 20.3 Å². The Hall–Kier alpha value is -5.03. The predicted octanol–water partition coefficient (Wildman–Crippen LogP) is 7.93. The quantitative estimate of drug-likeness (QED) is 0.204. The molecule has 11 heteroatoms. The first-order valence-electron chi connectivity index (χ1n) is 14.8. The van der Waals surface area contributed by atoms with Gasteiger partial charge in [-0.05, 0) is 93.5 Å². The van der Waals surface area contributed by atoms with Crippen LogP contribution in [0.15, 0.2) is 84.1 Å². The van der Waals surface area contributed by atoms with Crippen LogP contribution in [0.1, 0.15) is 47.8 Å². The van der Waals surface area contributed by atoms with Crippen molar-refractivity contribution >= 4 is 56.5 Å². The maximum absolute atomic E-state index is 14.6. The molecule has 4 heterocycles. The summed E-state index contributed by atoms with van der Waals surface area (Å²) >= 11 is 1.18. The molecular weight excluding hydrogens is 593 g/mol. The van der Waals surface area contributed by atoms with Crippen molar-refractivity contribution in [1.82, 2.24) is 15.2 Å². The van der Waals surface area contributed by atoms with Crippen molar-refractivity contribution in [3.63, 3.8) is 0 Å². The minimum atomic E-state index is -0.752. The molecule has 2 aliphatic heterocycles. The van der Waals surface area contributed by atoms with E-state index < -0.39 is 23.7 Å². The summed E-state index contributed by atoms with van der Waals surface area (Å²) in [5, 5.41) is 6.53. The molecule has 2 aromatic carbocycles. The summed E-state index contributed by atoms with van der Waals surface area (Å²) in [6, 6.07) is 16.3.